The molecule has 5 aromatic rings. The van der Waals surface area contributed by atoms with Crippen molar-refractivity contribution in [3.05, 3.63) is 124 Å². The molecular weight excluding hydrogens is 1010 g/mol. The molecule has 0 bridgehead atoms. The largest absolute Gasteiger partial charge is 0.391 e. The minimum atomic E-state index is -0.463. The number of β-amino-alcohol motifs (C(OH)–C–C–N with tert-alkyl or cyclic N) is 1. The van der Waals surface area contributed by atoms with Gasteiger partial charge in [-0.25, -0.2) is 4.98 Å². The summed E-state index contributed by atoms with van der Waals surface area (Å²) < 4.78 is 0. The van der Waals surface area contributed by atoms with Gasteiger partial charge in [0.25, 0.3) is 5.91 Å². The molecule has 1 spiro atoms. The summed E-state index contributed by atoms with van der Waals surface area (Å²) in [5.41, 5.74) is 11.0. The first-order chi connectivity index (χ1) is 37.0. The van der Waals surface area contributed by atoms with E-state index in [4.69, 9.17) is 11.6 Å². The summed E-state index contributed by atoms with van der Waals surface area (Å²) in [6, 6.07) is 29.8. The molecule has 0 radical (unpaired) electrons. The van der Waals surface area contributed by atoms with Gasteiger partial charge in [0.15, 0.2) is 0 Å². The van der Waals surface area contributed by atoms with Gasteiger partial charge in [-0.15, -0.1) is 11.3 Å². The summed E-state index contributed by atoms with van der Waals surface area (Å²) in [6.07, 6.45) is 5.96. The lowest BCUT2D eigenvalue weighted by Gasteiger charge is -2.46. The Hall–Kier alpha value is -6.17. The van der Waals surface area contributed by atoms with Crippen LogP contribution in [0.15, 0.2) is 96.5 Å². The number of nitrogens with one attached hydrogen (secondary N) is 4. The van der Waals surface area contributed by atoms with Crippen LogP contribution in [0.2, 0.25) is 5.02 Å². The predicted octanol–water partition coefficient (Wildman–Crippen LogP) is 8.95. The molecule has 3 saturated heterocycles. The number of carbonyl (C=O) groups is 5. The van der Waals surface area contributed by atoms with Crippen molar-refractivity contribution >= 4 is 64.4 Å². The van der Waals surface area contributed by atoms with Crippen molar-refractivity contribution in [1.29, 1.82) is 0 Å². The maximum Gasteiger partial charge on any atom is 0.251 e. The monoisotopic (exact) mass is 1090 g/mol. The first-order valence-electron chi connectivity index (χ1n) is 27.2. The second-order valence-corrected chi connectivity index (χ2v) is 22.9. The summed E-state index contributed by atoms with van der Waals surface area (Å²) in [5.74, 6) is 0.495. The van der Waals surface area contributed by atoms with Gasteiger partial charge in [-0.3, -0.25) is 28.9 Å². The highest BCUT2D eigenvalue weighted by molar-refractivity contribution is 7.13. The Morgan fingerprint density at radius 3 is 2.08 bits per heavy atom. The van der Waals surface area contributed by atoms with Crippen molar-refractivity contribution in [2.45, 2.75) is 105 Å². The Balaban J connectivity index is 0.000000360. The van der Waals surface area contributed by atoms with Gasteiger partial charge >= 0.3 is 0 Å². The van der Waals surface area contributed by atoms with Crippen LogP contribution in [0, 0.1) is 18.3 Å². The maximum atomic E-state index is 13.1. The molecule has 412 valence electrons. The quantitative estimate of drug-likeness (QED) is 0.0636. The number of hydrogen-bond acceptors (Lipinski definition) is 11. The van der Waals surface area contributed by atoms with E-state index in [2.05, 4.69) is 81.9 Å². The molecule has 0 saturated carbocycles. The number of aliphatic hydroxyl groups excluding tert-OH is 1. The van der Waals surface area contributed by atoms with Gasteiger partial charge in [0.1, 0.15) is 0 Å². The zero-order valence-electron chi connectivity index (χ0n) is 45.7. The van der Waals surface area contributed by atoms with Crippen LogP contribution in [-0.4, -0.2) is 132 Å². The van der Waals surface area contributed by atoms with Crippen LogP contribution in [0.5, 0.6) is 0 Å². The molecule has 9 rings (SSSR count). The number of anilines is 2. The highest BCUT2D eigenvalue weighted by atomic mass is 35.5. The maximum absolute atomic E-state index is 13.1. The zero-order valence-corrected chi connectivity index (χ0v) is 47.2. The standard InChI is InChI=1S/C44H56ClN7O5.C12H12N2OS.C4H10/c1-30-25-39(48-36-10-8-35(45)9-11-36)38-26-34(7-12-40(38)52(30)31(2)53)32-3-5-33(6-4-32)43(57)46-18-24-49-20-14-44(15-21-49)16-22-50(23-17-44)29-41(55)47-27-42(56)51-19-13-37(54)28-51;1-9-12(16-8-14-9)11-4-2-10(3-5-11)6-13-7-15;1-4(2)3/h3-12,26,30,37,39,48,54H,13-25,27-29H2,1-2H3,(H,46,57)(H,47,55);2-5,7-8H,6H2,1H3,(H,13,15);4H,1-3H3. The van der Waals surface area contributed by atoms with Gasteiger partial charge in [-0.2, -0.15) is 0 Å². The molecule has 1 aromatic heterocycles. The fourth-order valence-corrected chi connectivity index (χ4v) is 11.6. The van der Waals surface area contributed by atoms with Crippen LogP contribution in [0.25, 0.3) is 21.6 Å². The van der Waals surface area contributed by atoms with E-state index in [0.29, 0.717) is 61.6 Å². The molecule has 15 nitrogen and oxygen atoms in total. The molecular formula is C60H78ClN9O6S. The number of fused-ring (bicyclic) bond motifs is 1. The van der Waals surface area contributed by atoms with E-state index in [1.807, 2.05) is 90.1 Å². The Kier molecular flexibility index (Phi) is 21.2. The van der Waals surface area contributed by atoms with Crippen molar-refractivity contribution in [3.63, 3.8) is 0 Å². The lowest BCUT2D eigenvalue weighted by atomic mass is 9.71. The van der Waals surface area contributed by atoms with E-state index in [1.165, 1.54) is 10.4 Å². The molecule has 17 heteroatoms. The van der Waals surface area contributed by atoms with Crippen molar-refractivity contribution in [3.8, 4) is 21.6 Å². The third-order valence-electron chi connectivity index (χ3n) is 14.9. The van der Waals surface area contributed by atoms with Crippen LogP contribution in [0.1, 0.15) is 106 Å². The summed E-state index contributed by atoms with van der Waals surface area (Å²) >= 11 is 7.78. The first kappa shape index (κ1) is 58.5. The van der Waals surface area contributed by atoms with E-state index in [9.17, 15) is 29.1 Å². The third-order valence-corrected chi connectivity index (χ3v) is 16.1. The number of likely N-dealkylation sites (tertiary alicyclic amines) is 3. The number of halogens is 1. The summed E-state index contributed by atoms with van der Waals surface area (Å²) in [4.78, 5) is 74.4. The Morgan fingerprint density at radius 1 is 0.844 bits per heavy atom. The molecule has 0 aliphatic carbocycles. The number of thiazole rings is 1. The molecule has 4 aliphatic rings. The van der Waals surface area contributed by atoms with Crippen LogP contribution in [-0.2, 0) is 25.7 Å². The van der Waals surface area contributed by atoms with Crippen LogP contribution in [0.3, 0.4) is 0 Å². The topological polar surface area (TPSA) is 180 Å². The van der Waals surface area contributed by atoms with Gasteiger partial charge in [0.05, 0.1) is 41.3 Å². The van der Waals surface area contributed by atoms with Gasteiger partial charge in [0, 0.05) is 67.7 Å². The molecule has 4 aromatic carbocycles. The third kappa shape index (κ3) is 16.7. The fraction of sp³-hybridized carbons (Fsp3) is 0.467. The molecule has 5 amide bonds. The molecule has 77 heavy (non-hydrogen) atoms. The number of nitrogens with zero attached hydrogens (tertiary/aromatic N) is 5. The Labute approximate surface area is 464 Å². The number of benzene rings is 4. The van der Waals surface area contributed by atoms with E-state index < -0.39 is 6.10 Å². The van der Waals surface area contributed by atoms with E-state index >= 15 is 0 Å². The van der Waals surface area contributed by atoms with Gasteiger partial charge < -0.3 is 41.1 Å². The number of piperidine rings is 2. The second kappa shape index (κ2) is 27.9. The SMILES string of the molecule is CC(=O)N1c2ccc(-c3ccc(C(=O)NCCN4CCC5(CC4)CCN(CC(=O)NCC(=O)N4CCC(O)C4)CC5)cc3)cc2C(Nc2ccc(Cl)cc2)CC1C.CC(C)C.Cc1ncsc1-c1ccc(CNC=O)cc1. The highest BCUT2D eigenvalue weighted by Crippen LogP contribution is 2.43. The number of rotatable bonds is 15. The van der Waals surface area contributed by atoms with Crippen LogP contribution >= 0.6 is 22.9 Å². The highest BCUT2D eigenvalue weighted by Gasteiger charge is 2.38. The number of amides is 5. The first-order valence-corrected chi connectivity index (χ1v) is 28.4. The van der Waals surface area contributed by atoms with Crippen molar-refractivity contribution in [2.75, 3.05) is 75.7 Å². The smallest absolute Gasteiger partial charge is 0.251 e. The molecule has 3 fully saturated rings. The fourth-order valence-electron chi connectivity index (χ4n) is 10.6. The van der Waals surface area contributed by atoms with E-state index in [1.54, 1.807) is 23.2 Å². The zero-order chi connectivity index (χ0) is 55.1. The van der Waals surface area contributed by atoms with Gasteiger partial charge in [-0.1, -0.05) is 74.8 Å². The van der Waals surface area contributed by atoms with Crippen LogP contribution < -0.4 is 26.2 Å². The minimum Gasteiger partial charge on any atom is -0.391 e. The van der Waals surface area contributed by atoms with Crippen LogP contribution in [0.4, 0.5) is 11.4 Å². The summed E-state index contributed by atoms with van der Waals surface area (Å²) in [7, 11) is 0. The summed E-state index contributed by atoms with van der Waals surface area (Å²) in [6.45, 7) is 19.1. The Morgan fingerprint density at radius 2 is 1.48 bits per heavy atom. The molecule has 4 aliphatic heterocycles. The predicted molar refractivity (Wildman–Crippen MR) is 309 cm³/mol. The van der Waals surface area contributed by atoms with Gasteiger partial charge in [-0.05, 0) is 166 Å². The number of carbonyl (C=O) groups excluding carboxylic acids is 5. The lowest BCUT2D eigenvalue weighted by molar-refractivity contribution is -0.132. The van der Waals surface area contributed by atoms with Crippen molar-refractivity contribution in [1.82, 2.24) is 35.6 Å². The normalized spacial score (nSPS) is 19.0. The number of aliphatic hydroxyl groups is 1. The minimum absolute atomic E-state index is 0.00255. The van der Waals surface area contributed by atoms with E-state index in [-0.39, 0.29) is 42.3 Å². The molecule has 3 unspecified atom stereocenters. The van der Waals surface area contributed by atoms with Crippen molar-refractivity contribution < 1.29 is 29.1 Å². The number of hydrogen-bond donors (Lipinski definition) is 5. The molecule has 3 atom stereocenters. The average molecular weight is 1090 g/mol. The van der Waals surface area contributed by atoms with Gasteiger partial charge in [0.2, 0.25) is 24.1 Å². The summed E-state index contributed by atoms with van der Waals surface area (Å²) in [5, 5.41) is 22.5. The second-order valence-electron chi connectivity index (χ2n) is 21.7. The lowest BCUT2D eigenvalue weighted by Crippen LogP contribution is -2.50. The molecule has 5 N–H and O–H groups in total. The van der Waals surface area contributed by atoms with Crippen molar-refractivity contribution in [2.24, 2.45) is 11.3 Å². The molecule has 5 heterocycles. The average Bonchev–Trinajstić information content (AvgIpc) is 4.08. The Bertz CT molecular complexity index is 2730. The number of aromatic nitrogens is 1. The number of aryl methyl sites for hydroxylation is 1. The van der Waals surface area contributed by atoms with E-state index in [0.717, 1.165) is 110 Å².